The maximum absolute atomic E-state index is 13.6. The van der Waals surface area contributed by atoms with Gasteiger partial charge in [-0.2, -0.15) is 0 Å². The van der Waals surface area contributed by atoms with Gasteiger partial charge in [-0.05, 0) is 94.5 Å². The molecule has 6 heteroatoms. The van der Waals surface area contributed by atoms with E-state index < -0.39 is 0 Å². The monoisotopic (exact) mass is 435 g/mol. The minimum Gasteiger partial charge on any atom is -0.457 e. The number of nitrogens with zero attached hydrogens (tertiary/aromatic N) is 3. The first kappa shape index (κ1) is 21.1. The molecular weight excluding hydrogens is 405 g/mol. The summed E-state index contributed by atoms with van der Waals surface area (Å²) in [6.45, 7) is 7.37. The lowest BCUT2D eigenvalue weighted by Crippen LogP contribution is -2.42. The zero-order chi connectivity index (χ0) is 22.2. The van der Waals surface area contributed by atoms with Gasteiger partial charge in [0.2, 0.25) is 0 Å². The second-order valence-electron chi connectivity index (χ2n) is 9.49. The van der Waals surface area contributed by atoms with E-state index in [0.717, 1.165) is 44.7 Å². The average molecular weight is 436 g/mol. The molecule has 168 valence electrons. The number of aromatic nitrogens is 2. The highest BCUT2D eigenvalue weighted by atomic mass is 19.1. The summed E-state index contributed by atoms with van der Waals surface area (Å²) in [5.74, 6) is 2.57. The van der Waals surface area contributed by atoms with Gasteiger partial charge in [0.15, 0.2) is 0 Å². The molecular formula is C26H30FN3O2. The van der Waals surface area contributed by atoms with Crippen LogP contribution in [-0.2, 0) is 6.54 Å². The first-order valence-corrected chi connectivity index (χ1v) is 11.7. The Morgan fingerprint density at radius 2 is 1.84 bits per heavy atom. The van der Waals surface area contributed by atoms with Crippen molar-refractivity contribution in [2.24, 2.45) is 5.92 Å². The molecule has 1 aliphatic heterocycles. The Bertz CT molecular complexity index is 1170. The van der Waals surface area contributed by atoms with Crippen LogP contribution in [0.2, 0.25) is 0 Å². The van der Waals surface area contributed by atoms with Crippen LogP contribution in [0.25, 0.3) is 10.9 Å². The Labute approximate surface area is 187 Å². The van der Waals surface area contributed by atoms with Crippen LogP contribution >= 0.6 is 0 Å². The SMILES string of the molecule is CC(C)N1CCC[C@H](Cn2c(C3CC3)nc3ccc(Oc4ccc(F)cc4)cc3c2=O)C1. The minimum absolute atomic E-state index is 0.0168. The molecule has 0 spiro atoms. The molecule has 2 aromatic carbocycles. The van der Waals surface area contributed by atoms with Gasteiger partial charge in [-0.15, -0.1) is 0 Å². The quantitative estimate of drug-likeness (QED) is 0.525. The fourth-order valence-electron chi connectivity index (χ4n) is 4.72. The van der Waals surface area contributed by atoms with Crippen LogP contribution in [0.5, 0.6) is 11.5 Å². The van der Waals surface area contributed by atoms with E-state index >= 15 is 0 Å². The van der Waals surface area contributed by atoms with E-state index in [2.05, 4.69) is 18.7 Å². The molecule has 3 aromatic rings. The van der Waals surface area contributed by atoms with Crippen molar-refractivity contribution in [1.82, 2.24) is 14.5 Å². The Hall–Kier alpha value is -2.73. The molecule has 32 heavy (non-hydrogen) atoms. The Kier molecular flexibility index (Phi) is 5.72. The summed E-state index contributed by atoms with van der Waals surface area (Å²) < 4.78 is 21.0. The molecule has 1 saturated carbocycles. The normalized spacial score (nSPS) is 19.6. The van der Waals surface area contributed by atoms with Crippen molar-refractivity contribution >= 4 is 10.9 Å². The summed E-state index contributed by atoms with van der Waals surface area (Å²) in [6.07, 6.45) is 4.53. The van der Waals surface area contributed by atoms with Crippen LogP contribution < -0.4 is 10.3 Å². The van der Waals surface area contributed by atoms with Crippen molar-refractivity contribution in [3.05, 3.63) is 64.5 Å². The third-order valence-electron chi connectivity index (χ3n) is 6.67. The first-order chi connectivity index (χ1) is 15.5. The maximum Gasteiger partial charge on any atom is 0.261 e. The van der Waals surface area contributed by atoms with E-state index in [-0.39, 0.29) is 11.4 Å². The van der Waals surface area contributed by atoms with Crippen LogP contribution in [0, 0.1) is 11.7 Å². The second kappa shape index (κ2) is 8.66. The van der Waals surface area contributed by atoms with Gasteiger partial charge in [0, 0.05) is 25.0 Å². The molecule has 1 aromatic heterocycles. The molecule has 0 bridgehead atoms. The molecule has 2 aliphatic rings. The summed E-state index contributed by atoms with van der Waals surface area (Å²) >= 11 is 0. The summed E-state index contributed by atoms with van der Waals surface area (Å²) in [5.41, 5.74) is 0.732. The highest BCUT2D eigenvalue weighted by Crippen LogP contribution is 2.39. The average Bonchev–Trinajstić information content (AvgIpc) is 3.63. The standard InChI is InChI=1S/C26H30FN3O2/c1-17(2)29-13-3-4-18(15-29)16-30-25(19-5-6-19)28-24-12-11-22(14-23(24)26(30)31)32-21-9-7-20(27)8-10-21/h7-12,14,17-19H,3-6,13,15-16H2,1-2H3/t18-/m0/s1. The Balaban J connectivity index is 1.48. The van der Waals surface area contributed by atoms with Crippen molar-refractivity contribution < 1.29 is 9.13 Å². The number of halogens is 1. The van der Waals surface area contributed by atoms with Crippen LogP contribution in [0.15, 0.2) is 47.3 Å². The Morgan fingerprint density at radius 3 is 2.56 bits per heavy atom. The summed E-state index contributed by atoms with van der Waals surface area (Å²) in [6, 6.07) is 11.8. The lowest BCUT2D eigenvalue weighted by Gasteiger charge is -2.35. The van der Waals surface area contributed by atoms with E-state index in [1.165, 1.54) is 18.6 Å². The van der Waals surface area contributed by atoms with Gasteiger partial charge in [0.1, 0.15) is 23.1 Å². The maximum atomic E-state index is 13.6. The van der Waals surface area contributed by atoms with Crippen molar-refractivity contribution in [3.8, 4) is 11.5 Å². The first-order valence-electron chi connectivity index (χ1n) is 11.7. The molecule has 1 saturated heterocycles. The highest BCUT2D eigenvalue weighted by molar-refractivity contribution is 5.79. The zero-order valence-electron chi connectivity index (χ0n) is 18.8. The number of benzene rings is 2. The van der Waals surface area contributed by atoms with E-state index in [4.69, 9.17) is 9.72 Å². The lowest BCUT2D eigenvalue weighted by molar-refractivity contribution is 0.129. The Morgan fingerprint density at radius 1 is 1.09 bits per heavy atom. The van der Waals surface area contributed by atoms with Crippen molar-refractivity contribution in [3.63, 3.8) is 0 Å². The van der Waals surface area contributed by atoms with Crippen molar-refractivity contribution in [1.29, 1.82) is 0 Å². The van der Waals surface area contributed by atoms with E-state index in [0.29, 0.717) is 40.3 Å². The van der Waals surface area contributed by atoms with E-state index in [1.54, 1.807) is 18.2 Å². The van der Waals surface area contributed by atoms with Crippen LogP contribution in [0.4, 0.5) is 4.39 Å². The van der Waals surface area contributed by atoms with Crippen molar-refractivity contribution in [2.75, 3.05) is 13.1 Å². The number of likely N-dealkylation sites (tertiary alicyclic amines) is 1. The zero-order valence-corrected chi connectivity index (χ0v) is 18.8. The van der Waals surface area contributed by atoms with Gasteiger partial charge in [0.05, 0.1) is 10.9 Å². The van der Waals surface area contributed by atoms with E-state index in [9.17, 15) is 9.18 Å². The number of ether oxygens (including phenoxy) is 1. The second-order valence-corrected chi connectivity index (χ2v) is 9.49. The lowest BCUT2D eigenvalue weighted by atomic mass is 9.96. The highest BCUT2D eigenvalue weighted by Gasteiger charge is 2.31. The molecule has 1 atom stereocenters. The number of hydrogen-bond donors (Lipinski definition) is 0. The fourth-order valence-corrected chi connectivity index (χ4v) is 4.72. The topological polar surface area (TPSA) is 47.4 Å². The smallest absolute Gasteiger partial charge is 0.261 e. The van der Waals surface area contributed by atoms with Gasteiger partial charge >= 0.3 is 0 Å². The van der Waals surface area contributed by atoms with Crippen LogP contribution in [0.1, 0.15) is 51.3 Å². The molecule has 0 radical (unpaired) electrons. The molecule has 0 unspecified atom stereocenters. The van der Waals surface area contributed by atoms with Gasteiger partial charge in [-0.25, -0.2) is 9.37 Å². The predicted molar refractivity (Wildman–Crippen MR) is 124 cm³/mol. The fraction of sp³-hybridized carbons (Fsp3) is 0.462. The summed E-state index contributed by atoms with van der Waals surface area (Å²) in [7, 11) is 0. The molecule has 1 aliphatic carbocycles. The number of hydrogen-bond acceptors (Lipinski definition) is 4. The molecule has 2 fully saturated rings. The summed E-state index contributed by atoms with van der Waals surface area (Å²) in [5, 5.41) is 0.575. The number of rotatable bonds is 6. The van der Waals surface area contributed by atoms with Crippen LogP contribution in [0.3, 0.4) is 0 Å². The third-order valence-corrected chi connectivity index (χ3v) is 6.67. The molecule has 5 nitrogen and oxygen atoms in total. The number of fused-ring (bicyclic) bond motifs is 1. The molecule has 5 rings (SSSR count). The van der Waals surface area contributed by atoms with Gasteiger partial charge in [-0.3, -0.25) is 9.36 Å². The largest absolute Gasteiger partial charge is 0.457 e. The predicted octanol–water partition coefficient (Wildman–Crippen LogP) is 5.33. The van der Waals surface area contributed by atoms with Gasteiger partial charge in [0.25, 0.3) is 5.56 Å². The number of piperidine rings is 1. The van der Waals surface area contributed by atoms with Gasteiger partial charge < -0.3 is 9.64 Å². The van der Waals surface area contributed by atoms with Crippen molar-refractivity contribution in [2.45, 2.75) is 58.0 Å². The third kappa shape index (κ3) is 4.42. The molecule has 2 heterocycles. The minimum atomic E-state index is -0.311. The molecule has 0 amide bonds. The van der Waals surface area contributed by atoms with E-state index in [1.807, 2.05) is 16.7 Å². The summed E-state index contributed by atoms with van der Waals surface area (Å²) in [4.78, 5) is 21.1. The van der Waals surface area contributed by atoms with Crippen LogP contribution in [-0.4, -0.2) is 33.6 Å². The van der Waals surface area contributed by atoms with Gasteiger partial charge in [-0.1, -0.05) is 0 Å². The molecule has 0 N–H and O–H groups in total.